The molecule has 0 bridgehead atoms. The molecule has 2 aromatic rings. The number of nitrogens with zero attached hydrogens (tertiary/aromatic N) is 3. The van der Waals surface area contributed by atoms with Crippen LogP contribution in [0.3, 0.4) is 0 Å². The molecular formula is C29H36F3N3O2. The Morgan fingerprint density at radius 1 is 0.892 bits per heavy atom. The molecule has 0 saturated carbocycles. The molecule has 1 amide bonds. The molecule has 3 saturated heterocycles. The minimum absolute atomic E-state index is 0.0220. The molecule has 3 aliphatic rings. The van der Waals surface area contributed by atoms with Gasteiger partial charge in [0.2, 0.25) is 5.91 Å². The Balaban J connectivity index is 1.37. The van der Waals surface area contributed by atoms with E-state index in [2.05, 4.69) is 30.6 Å². The van der Waals surface area contributed by atoms with Gasteiger partial charge in [0.05, 0.1) is 12.0 Å². The van der Waals surface area contributed by atoms with Crippen LogP contribution in [-0.4, -0.2) is 72.7 Å². The molecular weight excluding hydrogens is 479 g/mol. The maximum Gasteiger partial charge on any atom is 0.227 e. The van der Waals surface area contributed by atoms with Gasteiger partial charge < -0.3 is 14.5 Å². The number of rotatable bonds is 4. The Bertz CT molecular complexity index is 1100. The summed E-state index contributed by atoms with van der Waals surface area (Å²) < 4.78 is 47.9. The lowest BCUT2D eigenvalue weighted by molar-refractivity contribution is -0.137. The van der Waals surface area contributed by atoms with E-state index in [1.165, 1.54) is 24.3 Å². The summed E-state index contributed by atoms with van der Waals surface area (Å²) in [5.74, 6) is -2.21. The van der Waals surface area contributed by atoms with Crippen LogP contribution >= 0.6 is 0 Å². The molecule has 3 heterocycles. The lowest BCUT2D eigenvalue weighted by Gasteiger charge is -2.46. The van der Waals surface area contributed by atoms with Crippen molar-refractivity contribution < 1.29 is 22.7 Å². The van der Waals surface area contributed by atoms with Crippen molar-refractivity contribution in [3.05, 3.63) is 65.5 Å². The van der Waals surface area contributed by atoms with Crippen molar-refractivity contribution >= 4 is 11.6 Å². The highest BCUT2D eigenvalue weighted by Gasteiger charge is 2.45. The first-order valence-corrected chi connectivity index (χ1v) is 13.3. The van der Waals surface area contributed by atoms with Gasteiger partial charge in [0.15, 0.2) is 0 Å². The predicted molar refractivity (Wildman–Crippen MR) is 137 cm³/mol. The molecule has 0 spiro atoms. The summed E-state index contributed by atoms with van der Waals surface area (Å²) >= 11 is 0. The number of benzene rings is 2. The molecule has 0 N–H and O–H groups in total. The van der Waals surface area contributed by atoms with Gasteiger partial charge in [0, 0.05) is 68.6 Å². The number of amides is 1. The summed E-state index contributed by atoms with van der Waals surface area (Å²) in [7, 11) is 0. The Labute approximate surface area is 217 Å². The van der Waals surface area contributed by atoms with Crippen LogP contribution in [0.15, 0.2) is 42.5 Å². The fourth-order valence-electron chi connectivity index (χ4n) is 6.67. The summed E-state index contributed by atoms with van der Waals surface area (Å²) in [5, 5.41) is 0. The molecule has 5 rings (SSSR count). The van der Waals surface area contributed by atoms with Crippen molar-refractivity contribution in [1.82, 2.24) is 9.80 Å². The fraction of sp³-hybridized carbons (Fsp3) is 0.552. The van der Waals surface area contributed by atoms with Gasteiger partial charge >= 0.3 is 0 Å². The van der Waals surface area contributed by atoms with Crippen molar-refractivity contribution in [2.24, 2.45) is 5.92 Å². The van der Waals surface area contributed by atoms with Gasteiger partial charge in [-0.25, -0.2) is 13.2 Å². The SMILES string of the molecule is CC1CC(N2C[C@@H](C(=O)N3C[C@@H](C)N(c4ccc(F)cc4)[C@@H](C)C3)[C@H](c3ccc(F)cc3F)C2)CCO1. The third-order valence-corrected chi connectivity index (χ3v) is 8.36. The summed E-state index contributed by atoms with van der Waals surface area (Å²) in [6.07, 6.45) is 1.91. The maximum absolute atomic E-state index is 15.0. The molecule has 3 fully saturated rings. The first-order valence-electron chi connectivity index (χ1n) is 13.3. The number of ether oxygens (including phenoxy) is 1. The molecule has 3 aliphatic heterocycles. The average molecular weight is 516 g/mol. The van der Waals surface area contributed by atoms with Gasteiger partial charge in [-0.05, 0) is 69.5 Å². The van der Waals surface area contributed by atoms with E-state index in [9.17, 15) is 18.0 Å². The molecule has 2 unspecified atom stereocenters. The molecule has 0 aliphatic carbocycles. The van der Waals surface area contributed by atoms with Crippen molar-refractivity contribution in [1.29, 1.82) is 0 Å². The minimum atomic E-state index is -0.614. The van der Waals surface area contributed by atoms with E-state index < -0.39 is 17.6 Å². The van der Waals surface area contributed by atoms with Crippen LogP contribution < -0.4 is 4.90 Å². The topological polar surface area (TPSA) is 36.0 Å². The molecule has 8 heteroatoms. The second kappa shape index (κ2) is 10.7. The number of hydrogen-bond acceptors (Lipinski definition) is 4. The third kappa shape index (κ3) is 5.36. The van der Waals surface area contributed by atoms with Crippen molar-refractivity contribution in [3.63, 3.8) is 0 Å². The van der Waals surface area contributed by atoms with Gasteiger partial charge in [-0.1, -0.05) is 6.07 Å². The first kappa shape index (κ1) is 26.0. The second-order valence-electron chi connectivity index (χ2n) is 11.0. The van der Waals surface area contributed by atoms with Crippen molar-refractivity contribution in [3.8, 4) is 0 Å². The summed E-state index contributed by atoms with van der Waals surface area (Å²) in [6.45, 7) is 9.06. The molecule has 200 valence electrons. The van der Waals surface area contributed by atoms with Crippen LogP contribution in [0.5, 0.6) is 0 Å². The van der Waals surface area contributed by atoms with E-state index in [0.717, 1.165) is 24.6 Å². The van der Waals surface area contributed by atoms with E-state index >= 15 is 0 Å². The number of anilines is 1. The van der Waals surface area contributed by atoms with Gasteiger partial charge in [-0.3, -0.25) is 9.69 Å². The second-order valence-corrected chi connectivity index (χ2v) is 11.0. The highest BCUT2D eigenvalue weighted by molar-refractivity contribution is 5.81. The van der Waals surface area contributed by atoms with E-state index in [4.69, 9.17) is 4.74 Å². The molecule has 5 nitrogen and oxygen atoms in total. The summed E-state index contributed by atoms with van der Waals surface area (Å²) in [5.41, 5.74) is 1.34. The quantitative estimate of drug-likeness (QED) is 0.586. The molecule has 37 heavy (non-hydrogen) atoms. The van der Waals surface area contributed by atoms with E-state index in [1.807, 2.05) is 4.90 Å². The highest BCUT2D eigenvalue weighted by atomic mass is 19.1. The number of carbonyl (C=O) groups is 1. The van der Waals surface area contributed by atoms with Crippen LogP contribution in [0.25, 0.3) is 0 Å². The van der Waals surface area contributed by atoms with Gasteiger partial charge in [-0.2, -0.15) is 0 Å². The smallest absolute Gasteiger partial charge is 0.227 e. The number of piperazine rings is 1. The number of carbonyl (C=O) groups excluding carboxylic acids is 1. The lowest BCUT2D eigenvalue weighted by atomic mass is 9.87. The normalized spacial score (nSPS) is 31.1. The van der Waals surface area contributed by atoms with E-state index in [-0.39, 0.29) is 41.9 Å². The standard InChI is InChI=1S/C29H36F3N3O2/c1-18-14-34(15-19(2)35(18)23-7-4-21(30)5-8-23)29(36)27-17-33(24-10-11-37-20(3)12-24)16-26(27)25-9-6-22(31)13-28(25)32/h4-9,13,18-20,24,26-27H,10-12,14-17H2,1-3H3/t18-,19+,20?,24?,26-,27+/m0/s1. The minimum Gasteiger partial charge on any atom is -0.378 e. The fourth-order valence-corrected chi connectivity index (χ4v) is 6.67. The highest BCUT2D eigenvalue weighted by Crippen LogP contribution is 2.39. The Morgan fingerprint density at radius 3 is 2.22 bits per heavy atom. The van der Waals surface area contributed by atoms with Crippen LogP contribution in [0.1, 0.15) is 45.1 Å². The summed E-state index contributed by atoms with van der Waals surface area (Å²) in [6, 6.07) is 10.5. The van der Waals surface area contributed by atoms with E-state index in [0.29, 0.717) is 38.3 Å². The van der Waals surface area contributed by atoms with Crippen LogP contribution in [0.2, 0.25) is 0 Å². The zero-order chi connectivity index (χ0) is 26.3. The Kier molecular flexibility index (Phi) is 7.50. The third-order valence-electron chi connectivity index (χ3n) is 8.36. The lowest BCUT2D eigenvalue weighted by Crippen LogP contribution is -2.59. The van der Waals surface area contributed by atoms with E-state index in [1.54, 1.807) is 12.1 Å². The number of likely N-dealkylation sites (tertiary alicyclic amines) is 1. The van der Waals surface area contributed by atoms with Gasteiger partial charge in [0.25, 0.3) is 0 Å². The molecule has 0 aromatic heterocycles. The van der Waals surface area contributed by atoms with Crippen LogP contribution in [-0.2, 0) is 9.53 Å². The zero-order valence-electron chi connectivity index (χ0n) is 21.7. The largest absolute Gasteiger partial charge is 0.378 e. The van der Waals surface area contributed by atoms with Crippen LogP contribution in [0.4, 0.5) is 18.9 Å². The zero-order valence-corrected chi connectivity index (χ0v) is 21.7. The van der Waals surface area contributed by atoms with Gasteiger partial charge in [0.1, 0.15) is 17.5 Å². The number of hydrogen-bond donors (Lipinski definition) is 0. The van der Waals surface area contributed by atoms with Crippen molar-refractivity contribution in [2.75, 3.05) is 37.7 Å². The van der Waals surface area contributed by atoms with Crippen LogP contribution in [0, 0.1) is 23.4 Å². The molecule has 2 aromatic carbocycles. The molecule has 0 radical (unpaired) electrons. The Hall–Kier alpha value is -2.58. The van der Waals surface area contributed by atoms with Gasteiger partial charge in [-0.15, -0.1) is 0 Å². The first-order chi connectivity index (χ1) is 17.7. The monoisotopic (exact) mass is 515 g/mol. The average Bonchev–Trinajstić information content (AvgIpc) is 3.29. The Morgan fingerprint density at radius 2 is 1.57 bits per heavy atom. The maximum atomic E-state index is 15.0. The van der Waals surface area contributed by atoms with Crippen molar-refractivity contribution in [2.45, 2.75) is 63.8 Å². The summed E-state index contributed by atoms with van der Waals surface area (Å²) in [4.78, 5) is 20.5. The predicted octanol–water partition coefficient (Wildman–Crippen LogP) is 4.81. The number of halogens is 3. The molecule has 6 atom stereocenters.